The maximum atomic E-state index is 12.1. The van der Waals surface area contributed by atoms with E-state index in [0.717, 1.165) is 20.6 Å². The van der Waals surface area contributed by atoms with Crippen LogP contribution in [0.15, 0.2) is 38.9 Å². The molecule has 0 aliphatic heterocycles. The average Bonchev–Trinajstić information content (AvgIpc) is 2.98. The minimum absolute atomic E-state index is 0.0268. The molecule has 2 rings (SSSR count). The zero-order valence-electron chi connectivity index (χ0n) is 13.7. The number of aromatic nitrogens is 1. The summed E-state index contributed by atoms with van der Waals surface area (Å²) in [5.41, 5.74) is 1.72. The third-order valence-corrected chi connectivity index (χ3v) is 6.02. The highest BCUT2D eigenvalue weighted by atomic mass is 32.2. The van der Waals surface area contributed by atoms with Crippen molar-refractivity contribution in [1.29, 1.82) is 0 Å². The molecule has 1 heterocycles. The predicted octanol–water partition coefficient (Wildman–Crippen LogP) is 3.36. The van der Waals surface area contributed by atoms with Crippen LogP contribution in [0.1, 0.15) is 5.69 Å². The van der Waals surface area contributed by atoms with Gasteiger partial charge in [-0.3, -0.25) is 9.59 Å². The summed E-state index contributed by atoms with van der Waals surface area (Å²) in [5.74, 6) is -0.0263. The number of likely N-dealkylation sites (N-methyl/N-ethyl adjacent to an activating group) is 1. The number of amides is 2. The first-order chi connectivity index (χ1) is 11.5. The summed E-state index contributed by atoms with van der Waals surface area (Å²) in [5, 5.41) is 4.81. The molecule has 0 saturated carbocycles. The van der Waals surface area contributed by atoms with Crippen molar-refractivity contribution in [2.24, 2.45) is 0 Å². The van der Waals surface area contributed by atoms with Gasteiger partial charge in [-0.15, -0.1) is 23.1 Å². The van der Waals surface area contributed by atoms with E-state index in [-0.39, 0.29) is 24.1 Å². The second-order valence-electron chi connectivity index (χ2n) is 5.04. The van der Waals surface area contributed by atoms with E-state index >= 15 is 0 Å². The van der Waals surface area contributed by atoms with Crippen LogP contribution in [0.25, 0.3) is 0 Å². The summed E-state index contributed by atoms with van der Waals surface area (Å²) in [6.45, 7) is 1.95. The normalized spacial score (nSPS) is 10.5. The molecule has 0 unspecified atom stereocenters. The standard InChI is InChI=1S/C16H19N3O2S3/c1-11-9-23-16(17-11)24-10-15(21)19(2)8-14(20)18-12-6-4-5-7-13(12)22-3/h4-7,9H,8,10H2,1-3H3,(H,18,20). The molecular formula is C16H19N3O2S3. The van der Waals surface area contributed by atoms with E-state index in [9.17, 15) is 9.59 Å². The van der Waals surface area contributed by atoms with Crippen LogP contribution in [0.3, 0.4) is 0 Å². The van der Waals surface area contributed by atoms with Crippen molar-refractivity contribution in [3.05, 3.63) is 35.3 Å². The molecule has 128 valence electrons. The highest BCUT2D eigenvalue weighted by molar-refractivity contribution is 8.01. The number of rotatable bonds is 7. The summed E-state index contributed by atoms with van der Waals surface area (Å²) in [4.78, 5) is 31.0. The van der Waals surface area contributed by atoms with Gasteiger partial charge in [0.1, 0.15) is 0 Å². The quantitative estimate of drug-likeness (QED) is 0.745. The largest absolute Gasteiger partial charge is 0.336 e. The number of thioether (sulfide) groups is 2. The number of aryl methyl sites for hydroxylation is 1. The molecule has 0 saturated heterocycles. The Morgan fingerprint density at radius 3 is 2.75 bits per heavy atom. The number of carbonyl (C=O) groups excluding carboxylic acids is 2. The van der Waals surface area contributed by atoms with E-state index in [0.29, 0.717) is 0 Å². The lowest BCUT2D eigenvalue weighted by Gasteiger charge is -2.17. The molecule has 2 amide bonds. The van der Waals surface area contributed by atoms with Crippen LogP contribution in [0.5, 0.6) is 0 Å². The molecule has 0 atom stereocenters. The lowest BCUT2D eigenvalue weighted by atomic mass is 10.3. The number of hydrogen-bond acceptors (Lipinski definition) is 6. The Morgan fingerprint density at radius 2 is 2.08 bits per heavy atom. The summed E-state index contributed by atoms with van der Waals surface area (Å²) >= 11 is 4.48. The van der Waals surface area contributed by atoms with Crippen LogP contribution in [0.4, 0.5) is 5.69 Å². The first-order valence-corrected chi connectivity index (χ1v) is 10.3. The third kappa shape index (κ3) is 5.54. The first kappa shape index (κ1) is 18.8. The van der Waals surface area contributed by atoms with E-state index in [4.69, 9.17) is 0 Å². The van der Waals surface area contributed by atoms with Gasteiger partial charge in [-0.1, -0.05) is 23.9 Å². The predicted molar refractivity (Wildman–Crippen MR) is 102 cm³/mol. The number of benzene rings is 1. The SMILES string of the molecule is CSc1ccccc1NC(=O)CN(C)C(=O)CSc1nc(C)cs1. The van der Waals surface area contributed by atoms with Crippen LogP contribution in [-0.2, 0) is 9.59 Å². The highest BCUT2D eigenvalue weighted by Gasteiger charge is 2.15. The monoisotopic (exact) mass is 381 g/mol. The van der Waals surface area contributed by atoms with Crippen LogP contribution in [0.2, 0.25) is 0 Å². The molecule has 0 bridgehead atoms. The molecule has 0 radical (unpaired) electrons. The molecule has 2 aromatic rings. The van der Waals surface area contributed by atoms with Gasteiger partial charge in [-0.2, -0.15) is 0 Å². The molecule has 0 aliphatic rings. The van der Waals surface area contributed by atoms with E-state index in [1.54, 1.807) is 18.8 Å². The van der Waals surface area contributed by atoms with E-state index in [1.165, 1.54) is 28.0 Å². The fraction of sp³-hybridized carbons (Fsp3) is 0.312. The van der Waals surface area contributed by atoms with Crippen molar-refractivity contribution in [1.82, 2.24) is 9.88 Å². The Labute approximate surface area is 154 Å². The fourth-order valence-electron chi connectivity index (χ4n) is 1.87. The number of para-hydroxylation sites is 1. The molecule has 1 N–H and O–H groups in total. The van der Waals surface area contributed by atoms with E-state index < -0.39 is 0 Å². The van der Waals surface area contributed by atoms with Crippen LogP contribution >= 0.6 is 34.9 Å². The minimum atomic E-state index is -0.206. The molecule has 0 fully saturated rings. The number of nitrogens with zero attached hydrogens (tertiary/aromatic N) is 2. The molecule has 0 aliphatic carbocycles. The Morgan fingerprint density at radius 1 is 1.33 bits per heavy atom. The summed E-state index contributed by atoms with van der Waals surface area (Å²) in [6, 6.07) is 7.60. The van der Waals surface area contributed by atoms with Gasteiger partial charge < -0.3 is 10.2 Å². The van der Waals surface area contributed by atoms with Gasteiger partial charge >= 0.3 is 0 Å². The average molecular weight is 382 g/mol. The highest BCUT2D eigenvalue weighted by Crippen LogP contribution is 2.24. The number of thiazole rings is 1. The second-order valence-corrected chi connectivity index (χ2v) is 7.97. The van der Waals surface area contributed by atoms with Crippen molar-refractivity contribution < 1.29 is 9.59 Å². The lowest BCUT2D eigenvalue weighted by molar-refractivity contribution is -0.131. The number of carbonyl (C=O) groups is 2. The van der Waals surface area contributed by atoms with E-state index in [2.05, 4.69) is 10.3 Å². The Balaban J connectivity index is 1.83. The van der Waals surface area contributed by atoms with Crippen molar-refractivity contribution in [3.63, 3.8) is 0 Å². The topological polar surface area (TPSA) is 62.3 Å². The van der Waals surface area contributed by atoms with Gasteiger partial charge in [0, 0.05) is 23.0 Å². The van der Waals surface area contributed by atoms with Crippen molar-refractivity contribution in [3.8, 4) is 0 Å². The van der Waals surface area contributed by atoms with Crippen LogP contribution in [0, 0.1) is 6.92 Å². The number of hydrogen-bond donors (Lipinski definition) is 1. The molecule has 8 heteroatoms. The van der Waals surface area contributed by atoms with Crippen molar-refractivity contribution >= 4 is 52.4 Å². The second kappa shape index (κ2) is 9.10. The Bertz CT molecular complexity index is 718. The van der Waals surface area contributed by atoms with Gasteiger partial charge in [-0.05, 0) is 25.3 Å². The molecule has 1 aromatic carbocycles. The molecule has 5 nitrogen and oxygen atoms in total. The molecule has 1 aromatic heterocycles. The molecule has 0 spiro atoms. The summed E-state index contributed by atoms with van der Waals surface area (Å²) in [7, 11) is 1.63. The zero-order valence-corrected chi connectivity index (χ0v) is 16.2. The summed E-state index contributed by atoms with van der Waals surface area (Å²) in [6.07, 6.45) is 1.96. The van der Waals surface area contributed by atoms with Crippen LogP contribution < -0.4 is 5.32 Å². The first-order valence-electron chi connectivity index (χ1n) is 7.21. The van der Waals surface area contributed by atoms with Gasteiger partial charge in [0.15, 0.2) is 4.34 Å². The number of nitrogens with one attached hydrogen (secondary N) is 1. The summed E-state index contributed by atoms with van der Waals surface area (Å²) < 4.78 is 0.868. The smallest absolute Gasteiger partial charge is 0.244 e. The maximum Gasteiger partial charge on any atom is 0.244 e. The van der Waals surface area contributed by atoms with Crippen LogP contribution in [-0.4, -0.2) is 47.3 Å². The molecular weight excluding hydrogens is 362 g/mol. The fourth-order valence-corrected chi connectivity index (χ4v) is 4.22. The van der Waals surface area contributed by atoms with Crippen molar-refractivity contribution in [2.75, 3.05) is 30.9 Å². The molecule has 24 heavy (non-hydrogen) atoms. The number of anilines is 1. The third-order valence-electron chi connectivity index (χ3n) is 3.10. The minimum Gasteiger partial charge on any atom is -0.336 e. The van der Waals surface area contributed by atoms with Gasteiger partial charge in [0.25, 0.3) is 0 Å². The zero-order chi connectivity index (χ0) is 17.5. The maximum absolute atomic E-state index is 12.1. The Hall–Kier alpha value is -1.51. The lowest BCUT2D eigenvalue weighted by Crippen LogP contribution is -2.36. The van der Waals surface area contributed by atoms with E-state index in [1.807, 2.05) is 42.8 Å². The van der Waals surface area contributed by atoms with Gasteiger partial charge in [-0.25, -0.2) is 4.98 Å². The van der Waals surface area contributed by atoms with Gasteiger partial charge in [0.05, 0.1) is 18.0 Å². The Kier molecular flexibility index (Phi) is 7.14. The van der Waals surface area contributed by atoms with Gasteiger partial charge in [0.2, 0.25) is 11.8 Å². The van der Waals surface area contributed by atoms with Crippen molar-refractivity contribution in [2.45, 2.75) is 16.2 Å².